The van der Waals surface area contributed by atoms with Crippen molar-refractivity contribution in [2.45, 2.75) is 6.42 Å². The van der Waals surface area contributed by atoms with Crippen LogP contribution >= 0.6 is 0 Å². The van der Waals surface area contributed by atoms with Gasteiger partial charge in [0.05, 0.1) is 20.1 Å². The first-order valence-electron chi connectivity index (χ1n) is 6.00. The second kappa shape index (κ2) is 7.78. The molecule has 0 spiro atoms. The van der Waals surface area contributed by atoms with Gasteiger partial charge in [0.1, 0.15) is 0 Å². The van der Waals surface area contributed by atoms with Crippen LogP contribution in [0.15, 0.2) is 24.3 Å². The highest BCUT2D eigenvalue weighted by Gasteiger charge is 2.08. The molecular formula is C13H17N3O4. The van der Waals surface area contributed by atoms with Gasteiger partial charge >= 0.3 is 5.97 Å². The van der Waals surface area contributed by atoms with Crippen molar-refractivity contribution in [3.8, 4) is 0 Å². The number of hydrogen-bond acceptors (Lipinski definition) is 5. The fourth-order valence-corrected chi connectivity index (χ4v) is 1.37. The summed E-state index contributed by atoms with van der Waals surface area (Å²) in [5, 5.41) is 4.95. The number of nitrogens with one attached hydrogen (secondary N) is 2. The number of ether oxygens (including phenoxy) is 1. The first kappa shape index (κ1) is 15.5. The molecule has 1 aromatic carbocycles. The predicted molar refractivity (Wildman–Crippen MR) is 72.8 cm³/mol. The lowest BCUT2D eigenvalue weighted by Crippen LogP contribution is -2.37. The number of carbonyl (C=O) groups excluding carboxylic acids is 3. The van der Waals surface area contributed by atoms with Gasteiger partial charge in [0, 0.05) is 17.8 Å². The van der Waals surface area contributed by atoms with E-state index in [2.05, 4.69) is 15.4 Å². The van der Waals surface area contributed by atoms with Gasteiger partial charge in [-0.15, -0.1) is 0 Å². The Morgan fingerprint density at radius 1 is 1.15 bits per heavy atom. The van der Waals surface area contributed by atoms with E-state index in [1.165, 1.54) is 7.11 Å². The van der Waals surface area contributed by atoms with E-state index < -0.39 is 5.97 Å². The summed E-state index contributed by atoms with van der Waals surface area (Å²) in [5.74, 6) is -1.15. The SMILES string of the molecule is COC(=O)CCNC(=O)CNC(=O)c1ccc(N)cc1. The van der Waals surface area contributed by atoms with Crippen LogP contribution < -0.4 is 16.4 Å². The van der Waals surface area contributed by atoms with E-state index in [4.69, 9.17) is 5.73 Å². The Bertz CT molecular complexity index is 485. The Labute approximate surface area is 116 Å². The van der Waals surface area contributed by atoms with Gasteiger partial charge in [0.15, 0.2) is 0 Å². The van der Waals surface area contributed by atoms with E-state index in [1.54, 1.807) is 24.3 Å². The third kappa shape index (κ3) is 5.38. The second-order valence-corrected chi connectivity index (χ2v) is 3.98. The molecule has 0 unspecified atom stereocenters. The smallest absolute Gasteiger partial charge is 0.307 e. The van der Waals surface area contributed by atoms with Gasteiger partial charge in [-0.25, -0.2) is 0 Å². The van der Waals surface area contributed by atoms with Crippen molar-refractivity contribution in [3.63, 3.8) is 0 Å². The lowest BCUT2D eigenvalue weighted by Gasteiger charge is -2.06. The minimum atomic E-state index is -0.406. The van der Waals surface area contributed by atoms with Crippen molar-refractivity contribution in [1.29, 1.82) is 0 Å². The van der Waals surface area contributed by atoms with Crippen molar-refractivity contribution in [1.82, 2.24) is 10.6 Å². The van der Waals surface area contributed by atoms with Gasteiger partial charge in [0.25, 0.3) is 5.91 Å². The number of carbonyl (C=O) groups is 3. The molecule has 0 atom stereocenters. The monoisotopic (exact) mass is 279 g/mol. The number of benzene rings is 1. The molecule has 0 aromatic heterocycles. The predicted octanol–water partition coefficient (Wildman–Crippen LogP) is -0.322. The summed E-state index contributed by atoms with van der Waals surface area (Å²) in [6.45, 7) is 0.00757. The normalized spacial score (nSPS) is 9.65. The number of nitrogen functional groups attached to an aromatic ring is 1. The number of hydrogen-bond donors (Lipinski definition) is 3. The van der Waals surface area contributed by atoms with Crippen molar-refractivity contribution in [2.24, 2.45) is 0 Å². The van der Waals surface area contributed by atoms with Crippen molar-refractivity contribution in [3.05, 3.63) is 29.8 Å². The lowest BCUT2D eigenvalue weighted by molar-refractivity contribution is -0.140. The van der Waals surface area contributed by atoms with Gasteiger partial charge in [-0.3, -0.25) is 14.4 Å². The Morgan fingerprint density at radius 3 is 2.40 bits per heavy atom. The molecule has 0 aliphatic carbocycles. The molecule has 0 saturated carbocycles. The molecule has 0 heterocycles. The first-order valence-corrected chi connectivity index (χ1v) is 6.00. The topological polar surface area (TPSA) is 111 Å². The first-order chi connectivity index (χ1) is 9.52. The van der Waals surface area contributed by atoms with E-state index in [-0.39, 0.29) is 31.3 Å². The van der Waals surface area contributed by atoms with Gasteiger partial charge < -0.3 is 21.1 Å². The summed E-state index contributed by atoms with van der Waals surface area (Å²) >= 11 is 0. The van der Waals surface area contributed by atoms with Crippen LogP contribution in [0.2, 0.25) is 0 Å². The van der Waals surface area contributed by atoms with E-state index in [0.29, 0.717) is 11.3 Å². The average Bonchev–Trinajstić information content (AvgIpc) is 2.45. The number of anilines is 1. The van der Waals surface area contributed by atoms with Crippen molar-refractivity contribution in [2.75, 3.05) is 25.9 Å². The van der Waals surface area contributed by atoms with Gasteiger partial charge in [0.2, 0.25) is 5.91 Å². The molecule has 0 saturated heterocycles. The van der Waals surface area contributed by atoms with Crippen LogP contribution in [0.4, 0.5) is 5.69 Å². The molecule has 1 rings (SSSR count). The van der Waals surface area contributed by atoms with Gasteiger partial charge in [-0.05, 0) is 24.3 Å². The summed E-state index contributed by atoms with van der Waals surface area (Å²) in [6, 6.07) is 6.34. The summed E-state index contributed by atoms with van der Waals surface area (Å²) in [4.78, 5) is 33.9. The molecule has 0 aliphatic rings. The maximum atomic E-state index is 11.7. The van der Waals surface area contributed by atoms with Crippen molar-refractivity contribution < 1.29 is 19.1 Å². The average molecular weight is 279 g/mol. The van der Waals surface area contributed by atoms with E-state index in [0.717, 1.165) is 0 Å². The summed E-state index contributed by atoms with van der Waals surface area (Å²) < 4.78 is 4.43. The molecule has 0 fully saturated rings. The molecule has 2 amide bonds. The van der Waals surface area contributed by atoms with E-state index in [9.17, 15) is 14.4 Å². The number of methoxy groups -OCH3 is 1. The molecule has 4 N–H and O–H groups in total. The van der Waals surface area contributed by atoms with Gasteiger partial charge in [-0.1, -0.05) is 0 Å². The van der Waals surface area contributed by atoms with Crippen LogP contribution in [0.3, 0.4) is 0 Å². The summed E-state index contributed by atoms with van der Waals surface area (Å²) in [6.07, 6.45) is 0.0914. The van der Waals surface area contributed by atoms with Crippen LogP contribution in [0.1, 0.15) is 16.8 Å². The zero-order chi connectivity index (χ0) is 15.0. The zero-order valence-electron chi connectivity index (χ0n) is 11.1. The number of nitrogens with two attached hydrogens (primary N) is 1. The highest BCUT2D eigenvalue weighted by molar-refractivity contribution is 5.96. The van der Waals surface area contributed by atoms with Crippen LogP contribution in [0, 0.1) is 0 Å². The van der Waals surface area contributed by atoms with Gasteiger partial charge in [-0.2, -0.15) is 0 Å². The third-order valence-electron chi connectivity index (χ3n) is 2.46. The molecule has 7 heteroatoms. The van der Waals surface area contributed by atoms with E-state index >= 15 is 0 Å². The molecule has 0 bridgehead atoms. The van der Waals surface area contributed by atoms with Crippen LogP contribution in [-0.2, 0) is 14.3 Å². The Kier molecular flexibility index (Phi) is 6.02. The lowest BCUT2D eigenvalue weighted by atomic mass is 10.2. The number of esters is 1. The van der Waals surface area contributed by atoms with Crippen LogP contribution in [0.25, 0.3) is 0 Å². The fourth-order valence-electron chi connectivity index (χ4n) is 1.37. The number of amides is 2. The summed E-state index contributed by atoms with van der Waals surface area (Å²) in [7, 11) is 1.27. The molecule has 1 aromatic rings. The van der Waals surface area contributed by atoms with Crippen molar-refractivity contribution >= 4 is 23.5 Å². The largest absolute Gasteiger partial charge is 0.469 e. The molecule has 20 heavy (non-hydrogen) atoms. The second-order valence-electron chi connectivity index (χ2n) is 3.98. The van der Waals surface area contributed by atoms with Crippen LogP contribution in [0.5, 0.6) is 0 Å². The Balaban J connectivity index is 2.28. The standard InChI is InChI=1S/C13H17N3O4/c1-20-12(18)6-7-15-11(17)8-16-13(19)9-2-4-10(14)5-3-9/h2-5H,6-8,14H2,1H3,(H,15,17)(H,16,19). The Morgan fingerprint density at radius 2 is 1.80 bits per heavy atom. The fraction of sp³-hybridized carbons (Fsp3) is 0.308. The maximum absolute atomic E-state index is 11.7. The zero-order valence-corrected chi connectivity index (χ0v) is 11.1. The maximum Gasteiger partial charge on any atom is 0.307 e. The highest BCUT2D eigenvalue weighted by atomic mass is 16.5. The summed E-state index contributed by atoms with van der Waals surface area (Å²) in [5.41, 5.74) is 6.48. The van der Waals surface area contributed by atoms with Crippen LogP contribution in [-0.4, -0.2) is 38.0 Å². The highest BCUT2D eigenvalue weighted by Crippen LogP contribution is 2.04. The number of rotatable bonds is 6. The minimum absolute atomic E-state index is 0.0914. The quantitative estimate of drug-likeness (QED) is 0.488. The third-order valence-corrected chi connectivity index (χ3v) is 2.46. The van der Waals surface area contributed by atoms with E-state index in [1.807, 2.05) is 0 Å². The molecule has 0 radical (unpaired) electrons. The molecule has 108 valence electrons. The minimum Gasteiger partial charge on any atom is -0.469 e. The molecule has 7 nitrogen and oxygen atoms in total. The molecular weight excluding hydrogens is 262 g/mol. The molecule has 0 aliphatic heterocycles. The Hall–Kier alpha value is -2.57.